The highest BCUT2D eigenvalue weighted by Gasteiger charge is 2.22. The fourth-order valence-corrected chi connectivity index (χ4v) is 11.0. The number of nitrogens with one attached hydrogen (secondary N) is 1. The van der Waals surface area contributed by atoms with Gasteiger partial charge in [0.05, 0.1) is 21.4 Å². The molecule has 11 aromatic rings. The first-order valence-electron chi connectivity index (χ1n) is 19.2. The molecule has 0 aliphatic carbocycles. The fraction of sp³-hybridized carbons (Fsp3) is 0.0196. The molecule has 0 bridgehead atoms. The summed E-state index contributed by atoms with van der Waals surface area (Å²) in [6.45, 7) is 0. The zero-order chi connectivity index (χ0) is 37.5. The van der Waals surface area contributed by atoms with Crippen molar-refractivity contribution in [2.45, 2.75) is 6.17 Å². The van der Waals surface area contributed by atoms with E-state index in [0.29, 0.717) is 0 Å². The molecule has 1 N–H and O–H groups in total. The summed E-state index contributed by atoms with van der Waals surface area (Å²) in [4.78, 5) is 10.1. The summed E-state index contributed by atoms with van der Waals surface area (Å²) in [6, 6.07) is 65.4. The van der Waals surface area contributed by atoms with Gasteiger partial charge >= 0.3 is 0 Å². The van der Waals surface area contributed by atoms with Crippen molar-refractivity contribution in [2.24, 2.45) is 9.98 Å². The average molecular weight is 765 g/mol. The molecule has 8 aromatic carbocycles. The molecule has 57 heavy (non-hydrogen) atoms. The summed E-state index contributed by atoms with van der Waals surface area (Å²) < 4.78 is 7.59. The van der Waals surface area contributed by atoms with Gasteiger partial charge in [0.25, 0.3) is 0 Å². The number of amidine groups is 2. The summed E-state index contributed by atoms with van der Waals surface area (Å²) in [5, 5.41) is 11.3. The molecule has 4 heterocycles. The lowest BCUT2D eigenvalue weighted by molar-refractivity contribution is 0.674. The van der Waals surface area contributed by atoms with Gasteiger partial charge in [-0.15, -0.1) is 22.7 Å². The second-order valence-corrected chi connectivity index (χ2v) is 16.7. The Kier molecular flexibility index (Phi) is 7.30. The Morgan fingerprint density at radius 1 is 0.456 bits per heavy atom. The number of thiophene rings is 2. The molecule has 1 aliphatic rings. The first kappa shape index (κ1) is 32.4. The van der Waals surface area contributed by atoms with Crippen molar-refractivity contribution in [1.82, 2.24) is 9.88 Å². The van der Waals surface area contributed by atoms with E-state index in [-0.39, 0.29) is 6.17 Å². The van der Waals surface area contributed by atoms with Gasteiger partial charge in [0.15, 0.2) is 5.84 Å². The van der Waals surface area contributed by atoms with Crippen molar-refractivity contribution < 1.29 is 0 Å². The van der Waals surface area contributed by atoms with Crippen LogP contribution in [0.3, 0.4) is 0 Å². The molecular weight excluding hydrogens is 733 g/mol. The normalized spacial score (nSPS) is 14.5. The van der Waals surface area contributed by atoms with E-state index in [4.69, 9.17) is 9.98 Å². The zero-order valence-electron chi connectivity index (χ0n) is 30.6. The highest BCUT2D eigenvalue weighted by Crippen LogP contribution is 2.45. The predicted octanol–water partition coefficient (Wildman–Crippen LogP) is 13.7. The van der Waals surface area contributed by atoms with Crippen LogP contribution >= 0.6 is 22.7 Å². The van der Waals surface area contributed by atoms with Crippen LogP contribution in [0.5, 0.6) is 0 Å². The Balaban J connectivity index is 0.969. The number of para-hydroxylation sites is 2. The maximum atomic E-state index is 5.09. The molecular formula is C51H32N4S2. The van der Waals surface area contributed by atoms with Gasteiger partial charge in [0.2, 0.25) is 0 Å². The van der Waals surface area contributed by atoms with Crippen LogP contribution in [-0.4, -0.2) is 16.2 Å². The Morgan fingerprint density at radius 2 is 1.04 bits per heavy atom. The van der Waals surface area contributed by atoms with Crippen molar-refractivity contribution in [3.63, 3.8) is 0 Å². The van der Waals surface area contributed by atoms with Crippen molar-refractivity contribution in [3.8, 4) is 16.8 Å². The number of fused-ring (bicyclic) bond motifs is 9. The summed E-state index contributed by atoms with van der Waals surface area (Å²) in [5.74, 6) is 1.56. The van der Waals surface area contributed by atoms with Crippen LogP contribution in [-0.2, 0) is 0 Å². The number of benzene rings is 8. The minimum atomic E-state index is -0.239. The molecule has 0 spiro atoms. The molecule has 1 unspecified atom stereocenters. The van der Waals surface area contributed by atoms with Gasteiger partial charge in [-0.05, 0) is 65.2 Å². The summed E-state index contributed by atoms with van der Waals surface area (Å²) in [6.07, 6.45) is -0.239. The van der Waals surface area contributed by atoms with Crippen molar-refractivity contribution >= 4 is 96.5 Å². The van der Waals surface area contributed by atoms with E-state index in [0.717, 1.165) is 28.4 Å². The molecule has 0 saturated heterocycles. The van der Waals surface area contributed by atoms with Crippen LogP contribution in [0.2, 0.25) is 0 Å². The minimum absolute atomic E-state index is 0.239. The lowest BCUT2D eigenvalue weighted by Crippen LogP contribution is -2.33. The Bertz CT molecular complexity index is 3390. The van der Waals surface area contributed by atoms with Crippen LogP contribution < -0.4 is 5.32 Å². The third-order valence-electron chi connectivity index (χ3n) is 11.3. The minimum Gasteiger partial charge on any atom is -0.344 e. The van der Waals surface area contributed by atoms with Crippen LogP contribution in [0.4, 0.5) is 0 Å². The van der Waals surface area contributed by atoms with Gasteiger partial charge < -0.3 is 9.88 Å². The first-order chi connectivity index (χ1) is 28.2. The molecule has 4 nitrogen and oxygen atoms in total. The Labute approximate surface area is 336 Å². The van der Waals surface area contributed by atoms with Gasteiger partial charge in [-0.2, -0.15) is 0 Å². The summed E-state index contributed by atoms with van der Waals surface area (Å²) >= 11 is 3.75. The second-order valence-electron chi connectivity index (χ2n) is 14.6. The monoisotopic (exact) mass is 764 g/mol. The molecule has 0 saturated carbocycles. The van der Waals surface area contributed by atoms with Gasteiger partial charge in [0.1, 0.15) is 12.0 Å². The quantitative estimate of drug-likeness (QED) is 0.186. The zero-order valence-corrected chi connectivity index (χ0v) is 32.2. The van der Waals surface area contributed by atoms with Gasteiger partial charge in [-0.25, -0.2) is 9.98 Å². The van der Waals surface area contributed by atoms with Crippen molar-refractivity contribution in [1.29, 1.82) is 0 Å². The SMILES string of the molecule is c1ccc(C2=NC(c3ccccc3)NC(c3ccc4sc5c(-c6ccc7sc8c(-n9c%10ccccc%10c%10ccccc%109)cccc8c7c6)cccc5c4c3)=N2)cc1. The molecule has 3 aromatic heterocycles. The van der Waals surface area contributed by atoms with E-state index in [2.05, 4.69) is 168 Å². The largest absolute Gasteiger partial charge is 0.344 e. The van der Waals surface area contributed by atoms with Gasteiger partial charge in [-0.1, -0.05) is 133 Å². The summed E-state index contributed by atoms with van der Waals surface area (Å²) in [7, 11) is 0. The molecule has 6 heteroatoms. The van der Waals surface area contributed by atoms with Crippen molar-refractivity contribution in [2.75, 3.05) is 0 Å². The molecule has 0 radical (unpaired) electrons. The standard InChI is InChI=1S/C51H32N4S2/c1-3-13-31(14-4-1)49-52-50(32-15-5-2-6-16-32)54-51(53-49)34-26-28-45-41(30-34)38-20-11-19-35(47(38)56-45)33-25-27-46-40(29-33)39-21-12-24-44(48(39)57-46)55-42-22-9-7-17-36(42)37-18-8-10-23-43(37)55/h1-30,49H,(H,52,53,54). The molecule has 0 amide bonds. The average Bonchev–Trinajstić information content (AvgIpc) is 3.96. The highest BCUT2D eigenvalue weighted by atomic mass is 32.1. The smallest absolute Gasteiger partial charge is 0.159 e. The van der Waals surface area contributed by atoms with E-state index >= 15 is 0 Å². The highest BCUT2D eigenvalue weighted by molar-refractivity contribution is 7.26. The third kappa shape index (κ3) is 5.18. The molecule has 268 valence electrons. The van der Waals surface area contributed by atoms with Gasteiger partial charge in [0, 0.05) is 57.5 Å². The van der Waals surface area contributed by atoms with E-state index in [1.54, 1.807) is 0 Å². The lowest BCUT2D eigenvalue weighted by Gasteiger charge is -2.23. The van der Waals surface area contributed by atoms with Crippen LogP contribution in [0.25, 0.3) is 79.0 Å². The maximum absolute atomic E-state index is 5.09. The van der Waals surface area contributed by atoms with Crippen molar-refractivity contribution in [3.05, 3.63) is 199 Å². The second kappa shape index (κ2) is 12.8. The molecule has 12 rings (SSSR count). The number of rotatable bonds is 5. The van der Waals surface area contributed by atoms with E-state index < -0.39 is 0 Å². The number of hydrogen-bond donors (Lipinski definition) is 1. The fourth-order valence-electron chi connectivity index (χ4n) is 8.60. The number of hydrogen-bond acceptors (Lipinski definition) is 5. The Morgan fingerprint density at radius 3 is 1.77 bits per heavy atom. The van der Waals surface area contributed by atoms with E-state index in [1.165, 1.54) is 79.0 Å². The molecule has 1 aliphatic heterocycles. The molecule has 1 atom stereocenters. The van der Waals surface area contributed by atoms with Crippen LogP contribution in [0, 0.1) is 0 Å². The van der Waals surface area contributed by atoms with Crippen LogP contribution in [0.15, 0.2) is 192 Å². The number of aliphatic imine (C=N–C) groups is 2. The number of nitrogens with zero attached hydrogens (tertiary/aromatic N) is 3. The summed E-state index contributed by atoms with van der Waals surface area (Å²) in [5.41, 5.74) is 9.32. The third-order valence-corrected chi connectivity index (χ3v) is 13.7. The Hall–Kier alpha value is -6.86. The van der Waals surface area contributed by atoms with Gasteiger partial charge in [-0.3, -0.25) is 0 Å². The van der Waals surface area contributed by atoms with E-state index in [1.807, 2.05) is 46.9 Å². The maximum Gasteiger partial charge on any atom is 0.159 e. The first-order valence-corrected chi connectivity index (χ1v) is 20.8. The lowest BCUT2D eigenvalue weighted by atomic mass is 10.00. The topological polar surface area (TPSA) is 41.7 Å². The molecule has 0 fully saturated rings. The van der Waals surface area contributed by atoms with E-state index in [9.17, 15) is 0 Å². The predicted molar refractivity (Wildman–Crippen MR) is 244 cm³/mol. The number of aromatic nitrogens is 1. The van der Waals surface area contributed by atoms with Crippen LogP contribution in [0.1, 0.15) is 22.9 Å².